The Morgan fingerprint density at radius 3 is 2.68 bits per heavy atom. The highest BCUT2D eigenvalue weighted by molar-refractivity contribution is 5.83. The van der Waals surface area contributed by atoms with Gasteiger partial charge in [-0.3, -0.25) is 4.40 Å². The topological polar surface area (TPSA) is 64.4 Å². The van der Waals surface area contributed by atoms with Crippen LogP contribution in [0.5, 0.6) is 11.5 Å². The van der Waals surface area contributed by atoms with Crippen molar-refractivity contribution in [3.63, 3.8) is 0 Å². The Morgan fingerprint density at radius 1 is 1.00 bits per heavy atom. The lowest BCUT2D eigenvalue weighted by Crippen LogP contribution is -1.91. The van der Waals surface area contributed by atoms with Crippen molar-refractivity contribution in [2.45, 2.75) is 0 Å². The summed E-state index contributed by atoms with van der Waals surface area (Å²) in [4.78, 5) is 12.1. The van der Waals surface area contributed by atoms with Crippen molar-refractivity contribution in [1.82, 2.24) is 19.4 Å². The molecule has 4 rings (SSSR count). The molecule has 0 spiro atoms. The Bertz CT molecular complexity index is 971. The number of rotatable bonds is 3. The van der Waals surface area contributed by atoms with Crippen LogP contribution in [0, 0.1) is 0 Å². The van der Waals surface area contributed by atoms with E-state index in [1.807, 2.05) is 41.1 Å². The molecule has 0 aliphatic carbocycles. The Balaban J connectivity index is 1.94. The highest BCUT2D eigenvalue weighted by Crippen LogP contribution is 2.33. The summed E-state index contributed by atoms with van der Waals surface area (Å²) < 4.78 is 12.7. The molecule has 0 amide bonds. The first kappa shape index (κ1) is 12.7. The van der Waals surface area contributed by atoms with Gasteiger partial charge in [-0.2, -0.15) is 0 Å². The SMILES string of the molecule is COc1ccc(-c2ncn3c2cnc2[nH]ccc23)cc1OC. The highest BCUT2D eigenvalue weighted by atomic mass is 16.5. The minimum atomic E-state index is 0.678. The number of nitrogens with zero attached hydrogens (tertiary/aromatic N) is 3. The van der Waals surface area contributed by atoms with Gasteiger partial charge >= 0.3 is 0 Å². The Kier molecular flexibility index (Phi) is 2.75. The minimum absolute atomic E-state index is 0.678. The molecule has 0 saturated carbocycles. The average Bonchev–Trinajstić information content (AvgIpc) is 3.19. The first-order valence-electron chi connectivity index (χ1n) is 6.83. The van der Waals surface area contributed by atoms with E-state index in [4.69, 9.17) is 9.47 Å². The van der Waals surface area contributed by atoms with Gasteiger partial charge in [0.25, 0.3) is 0 Å². The molecule has 22 heavy (non-hydrogen) atoms. The fourth-order valence-corrected chi connectivity index (χ4v) is 2.66. The van der Waals surface area contributed by atoms with Crippen LogP contribution in [0.25, 0.3) is 27.9 Å². The van der Waals surface area contributed by atoms with Crippen LogP contribution in [-0.2, 0) is 0 Å². The second kappa shape index (κ2) is 4.77. The third kappa shape index (κ3) is 1.74. The summed E-state index contributed by atoms with van der Waals surface area (Å²) >= 11 is 0. The van der Waals surface area contributed by atoms with Gasteiger partial charge in [-0.1, -0.05) is 0 Å². The summed E-state index contributed by atoms with van der Waals surface area (Å²) in [5.41, 5.74) is 4.59. The second-order valence-electron chi connectivity index (χ2n) is 4.89. The molecule has 6 nitrogen and oxygen atoms in total. The van der Waals surface area contributed by atoms with E-state index in [-0.39, 0.29) is 0 Å². The Hall–Kier alpha value is -3.02. The summed E-state index contributed by atoms with van der Waals surface area (Å²) in [5, 5.41) is 0. The first-order valence-corrected chi connectivity index (χ1v) is 6.83. The van der Waals surface area contributed by atoms with Gasteiger partial charge in [0.2, 0.25) is 0 Å². The van der Waals surface area contributed by atoms with Gasteiger partial charge in [-0.05, 0) is 24.3 Å². The number of benzene rings is 1. The lowest BCUT2D eigenvalue weighted by atomic mass is 10.1. The molecule has 0 unspecified atom stereocenters. The van der Waals surface area contributed by atoms with Crippen molar-refractivity contribution in [3.05, 3.63) is 43.0 Å². The third-order valence-electron chi connectivity index (χ3n) is 3.74. The maximum Gasteiger partial charge on any atom is 0.161 e. The molecular formula is C16H14N4O2. The lowest BCUT2D eigenvalue weighted by molar-refractivity contribution is 0.355. The molecule has 1 N–H and O–H groups in total. The van der Waals surface area contributed by atoms with E-state index >= 15 is 0 Å². The van der Waals surface area contributed by atoms with Crippen LogP contribution >= 0.6 is 0 Å². The predicted molar refractivity (Wildman–Crippen MR) is 83.4 cm³/mol. The number of ether oxygens (including phenoxy) is 2. The van der Waals surface area contributed by atoms with Gasteiger partial charge in [-0.15, -0.1) is 0 Å². The first-order chi connectivity index (χ1) is 10.8. The molecule has 0 atom stereocenters. The molecule has 0 aliphatic heterocycles. The van der Waals surface area contributed by atoms with Gasteiger partial charge in [0.1, 0.15) is 6.33 Å². The number of hydrogen-bond donors (Lipinski definition) is 1. The molecule has 0 aliphatic rings. The molecule has 0 fully saturated rings. The lowest BCUT2D eigenvalue weighted by Gasteiger charge is -2.08. The van der Waals surface area contributed by atoms with E-state index in [0.717, 1.165) is 27.9 Å². The highest BCUT2D eigenvalue weighted by Gasteiger charge is 2.13. The van der Waals surface area contributed by atoms with Crippen molar-refractivity contribution in [2.75, 3.05) is 14.2 Å². The predicted octanol–water partition coefficient (Wildman–Crippen LogP) is 2.89. The normalized spacial score (nSPS) is 11.2. The summed E-state index contributed by atoms with van der Waals surface area (Å²) in [5.74, 6) is 1.37. The van der Waals surface area contributed by atoms with Crippen LogP contribution in [-0.4, -0.2) is 33.6 Å². The van der Waals surface area contributed by atoms with Gasteiger partial charge in [0.05, 0.1) is 37.1 Å². The summed E-state index contributed by atoms with van der Waals surface area (Å²) in [6.45, 7) is 0. The fourth-order valence-electron chi connectivity index (χ4n) is 2.66. The number of nitrogens with one attached hydrogen (secondary N) is 1. The zero-order chi connectivity index (χ0) is 15.1. The molecule has 3 heterocycles. The molecule has 4 aromatic rings. The molecule has 110 valence electrons. The fraction of sp³-hybridized carbons (Fsp3) is 0.125. The molecule has 0 saturated heterocycles. The molecule has 0 radical (unpaired) electrons. The van der Waals surface area contributed by atoms with Crippen molar-refractivity contribution in [1.29, 1.82) is 0 Å². The minimum Gasteiger partial charge on any atom is -0.493 e. The number of aromatic amines is 1. The van der Waals surface area contributed by atoms with E-state index in [0.29, 0.717) is 11.5 Å². The molecule has 6 heteroatoms. The monoisotopic (exact) mass is 294 g/mol. The van der Waals surface area contributed by atoms with Crippen molar-refractivity contribution < 1.29 is 9.47 Å². The number of aromatic nitrogens is 4. The van der Waals surface area contributed by atoms with Gasteiger partial charge in [-0.25, -0.2) is 9.97 Å². The van der Waals surface area contributed by atoms with Crippen molar-refractivity contribution >= 4 is 16.7 Å². The number of imidazole rings is 1. The van der Waals surface area contributed by atoms with E-state index < -0.39 is 0 Å². The standard InChI is InChI=1S/C16H14N4O2/c1-21-13-4-3-10(7-14(13)22-2)15-12-8-18-16-11(5-6-17-16)20(12)9-19-15/h3-9,17H,1-2H3. The largest absolute Gasteiger partial charge is 0.493 e. The van der Waals surface area contributed by atoms with Crippen LogP contribution in [0.1, 0.15) is 0 Å². The summed E-state index contributed by atoms with van der Waals surface area (Å²) in [7, 11) is 3.24. The number of fused-ring (bicyclic) bond motifs is 3. The summed E-state index contributed by atoms with van der Waals surface area (Å²) in [6.07, 6.45) is 5.49. The van der Waals surface area contributed by atoms with E-state index in [1.165, 1.54) is 0 Å². The molecule has 0 bridgehead atoms. The average molecular weight is 294 g/mol. The van der Waals surface area contributed by atoms with E-state index in [1.54, 1.807) is 20.5 Å². The van der Waals surface area contributed by atoms with Crippen LogP contribution < -0.4 is 9.47 Å². The smallest absolute Gasteiger partial charge is 0.161 e. The maximum absolute atomic E-state index is 5.36. The second-order valence-corrected chi connectivity index (χ2v) is 4.89. The number of H-pyrrole nitrogens is 1. The van der Waals surface area contributed by atoms with Crippen LogP contribution in [0.2, 0.25) is 0 Å². The van der Waals surface area contributed by atoms with E-state index in [2.05, 4.69) is 15.0 Å². The number of hydrogen-bond acceptors (Lipinski definition) is 4. The number of methoxy groups -OCH3 is 2. The zero-order valence-electron chi connectivity index (χ0n) is 12.2. The third-order valence-corrected chi connectivity index (χ3v) is 3.74. The van der Waals surface area contributed by atoms with Gasteiger partial charge < -0.3 is 14.5 Å². The Labute approximate surface area is 126 Å². The zero-order valence-corrected chi connectivity index (χ0v) is 12.2. The van der Waals surface area contributed by atoms with Gasteiger partial charge in [0.15, 0.2) is 17.1 Å². The molecule has 1 aromatic carbocycles. The quantitative estimate of drug-likeness (QED) is 0.631. The summed E-state index contributed by atoms with van der Waals surface area (Å²) in [6, 6.07) is 7.74. The van der Waals surface area contributed by atoms with Gasteiger partial charge in [0, 0.05) is 11.8 Å². The van der Waals surface area contributed by atoms with E-state index in [9.17, 15) is 0 Å². The maximum atomic E-state index is 5.36. The molecular weight excluding hydrogens is 280 g/mol. The van der Waals surface area contributed by atoms with Crippen LogP contribution in [0.15, 0.2) is 43.0 Å². The molecule has 3 aromatic heterocycles. The van der Waals surface area contributed by atoms with Crippen LogP contribution in [0.3, 0.4) is 0 Å². The van der Waals surface area contributed by atoms with Crippen LogP contribution in [0.4, 0.5) is 0 Å². The Morgan fingerprint density at radius 2 is 1.86 bits per heavy atom. The van der Waals surface area contributed by atoms with Crippen molar-refractivity contribution in [2.24, 2.45) is 0 Å². The van der Waals surface area contributed by atoms with Crippen molar-refractivity contribution in [3.8, 4) is 22.8 Å².